The summed E-state index contributed by atoms with van der Waals surface area (Å²) in [6, 6.07) is 4.86. The predicted molar refractivity (Wildman–Crippen MR) is 139 cm³/mol. The van der Waals surface area contributed by atoms with Crippen LogP contribution in [0.2, 0.25) is 0 Å². The molecule has 2 amide bonds. The number of benzene rings is 1. The van der Waals surface area contributed by atoms with Gasteiger partial charge in [0, 0.05) is 29.0 Å². The zero-order valence-electron chi connectivity index (χ0n) is 21.9. The van der Waals surface area contributed by atoms with Crippen molar-refractivity contribution in [3.63, 3.8) is 0 Å². The van der Waals surface area contributed by atoms with E-state index in [1.165, 1.54) is 19.2 Å². The Hall–Kier alpha value is -3.22. The van der Waals surface area contributed by atoms with Crippen molar-refractivity contribution < 1.29 is 42.2 Å². The molecule has 4 rings (SSSR count). The summed E-state index contributed by atoms with van der Waals surface area (Å²) in [4.78, 5) is 28.8. The molecule has 1 fully saturated rings. The van der Waals surface area contributed by atoms with Gasteiger partial charge in [-0.15, -0.1) is 0 Å². The van der Waals surface area contributed by atoms with E-state index in [-0.39, 0.29) is 5.75 Å². The summed E-state index contributed by atoms with van der Waals surface area (Å²) >= 11 is 0. The van der Waals surface area contributed by atoms with Gasteiger partial charge < -0.3 is 29.4 Å². The molecule has 0 aliphatic carbocycles. The van der Waals surface area contributed by atoms with E-state index >= 15 is 4.39 Å². The van der Waals surface area contributed by atoms with Gasteiger partial charge in [0.15, 0.2) is 11.9 Å². The van der Waals surface area contributed by atoms with E-state index in [0.29, 0.717) is 5.70 Å². The van der Waals surface area contributed by atoms with Gasteiger partial charge in [-0.25, -0.2) is 13.8 Å². The van der Waals surface area contributed by atoms with Crippen molar-refractivity contribution in [3.8, 4) is 5.75 Å². The van der Waals surface area contributed by atoms with Crippen molar-refractivity contribution in [2.75, 3.05) is 6.61 Å². The lowest BCUT2D eigenvalue weighted by molar-refractivity contribution is -0.149. The minimum Gasteiger partial charge on any atom is -0.462 e. The molecule has 0 radical (unpaired) electrons. The molecule has 12 nitrogen and oxygen atoms in total. The highest BCUT2D eigenvalue weighted by Crippen LogP contribution is 2.47. The maximum atomic E-state index is 15.6. The van der Waals surface area contributed by atoms with Gasteiger partial charge in [-0.3, -0.25) is 14.2 Å². The summed E-state index contributed by atoms with van der Waals surface area (Å²) < 4.78 is 51.6. The number of ether oxygens (including phenoxy) is 2. The first kappa shape index (κ1) is 28.8. The van der Waals surface area contributed by atoms with E-state index in [0.717, 1.165) is 22.7 Å². The average molecular weight is 567 g/mol. The Morgan fingerprint density at radius 1 is 1.36 bits per heavy atom. The van der Waals surface area contributed by atoms with Crippen LogP contribution in [0.4, 0.5) is 9.18 Å². The monoisotopic (exact) mass is 566 g/mol. The summed E-state index contributed by atoms with van der Waals surface area (Å²) in [6.07, 6.45) is -0.588. The van der Waals surface area contributed by atoms with Crippen LogP contribution >= 0.6 is 7.75 Å². The van der Waals surface area contributed by atoms with Crippen LogP contribution in [-0.4, -0.2) is 69.8 Å². The molecule has 3 heterocycles. The third-order valence-electron chi connectivity index (χ3n) is 6.12. The number of carbonyl (C=O) groups excluding carboxylic acids is 2. The standard InChI is InChI=1S/C25H32FN4O8P/c1-14(2)36-22(32)16(4)29-39(34,38-18-6-7-19-17(12-18)8-10-27-19)35-13-20-21(31)25(5,26)23(37-20)30-11-9-15(3)28-24(30)33/h6-12,14,16,20-21,23,27,31H,3,13H2,1-2,4-5H3,(H,28,33)(H,29,34)/t16-,20+,21+,23+,25+,39?/m0/s1. The Kier molecular flexibility index (Phi) is 8.20. The lowest BCUT2D eigenvalue weighted by Crippen LogP contribution is -2.53. The molecular formula is C25H32FN4O8P. The highest BCUT2D eigenvalue weighted by atomic mass is 31.2. The van der Waals surface area contributed by atoms with Crippen LogP contribution in [0.1, 0.15) is 27.7 Å². The summed E-state index contributed by atoms with van der Waals surface area (Å²) in [6.45, 7) is 8.84. The zero-order chi connectivity index (χ0) is 28.5. The number of hydrogen-bond donors (Lipinski definition) is 4. The molecule has 0 saturated carbocycles. The van der Waals surface area contributed by atoms with Gasteiger partial charge in [0.05, 0.1) is 12.7 Å². The number of fused-ring (bicyclic) bond motifs is 1. The molecule has 0 spiro atoms. The number of H-pyrrole nitrogens is 1. The van der Waals surface area contributed by atoms with Crippen molar-refractivity contribution in [2.24, 2.45) is 0 Å². The minimum atomic E-state index is -4.34. The normalized spacial score (nSPS) is 27.5. The van der Waals surface area contributed by atoms with E-state index in [1.54, 1.807) is 44.3 Å². The number of aliphatic hydroxyl groups is 1. The van der Waals surface area contributed by atoms with Gasteiger partial charge >= 0.3 is 19.7 Å². The first-order valence-electron chi connectivity index (χ1n) is 12.3. The number of carbonyl (C=O) groups is 2. The van der Waals surface area contributed by atoms with Gasteiger partial charge in [0.25, 0.3) is 0 Å². The van der Waals surface area contributed by atoms with Crippen LogP contribution in [0.25, 0.3) is 10.9 Å². The average Bonchev–Trinajstić information content (AvgIpc) is 3.39. The summed E-state index contributed by atoms with van der Waals surface area (Å²) in [5.74, 6) is -0.532. The third-order valence-corrected chi connectivity index (χ3v) is 7.77. The summed E-state index contributed by atoms with van der Waals surface area (Å²) in [5.41, 5.74) is -1.29. The summed E-state index contributed by atoms with van der Waals surface area (Å²) in [7, 11) is -4.34. The molecule has 6 atom stereocenters. The minimum absolute atomic E-state index is 0.166. The molecule has 1 unspecified atom stereocenters. The maximum absolute atomic E-state index is 15.6. The number of aromatic amines is 1. The van der Waals surface area contributed by atoms with Gasteiger partial charge in [-0.05, 0) is 58.0 Å². The second kappa shape index (κ2) is 11.1. The fraction of sp³-hybridized carbons (Fsp3) is 0.440. The van der Waals surface area contributed by atoms with E-state index in [4.69, 9.17) is 18.5 Å². The van der Waals surface area contributed by atoms with Crippen LogP contribution in [-0.2, 0) is 23.4 Å². The van der Waals surface area contributed by atoms with Crippen LogP contribution in [0.3, 0.4) is 0 Å². The quantitative estimate of drug-likeness (QED) is 0.250. The molecule has 2 aliphatic heterocycles. The molecule has 2 aromatic rings. The van der Waals surface area contributed by atoms with Gasteiger partial charge in [0.2, 0.25) is 0 Å². The van der Waals surface area contributed by atoms with Crippen LogP contribution in [0, 0.1) is 0 Å². The Morgan fingerprint density at radius 2 is 2.10 bits per heavy atom. The lowest BCUT2D eigenvalue weighted by Gasteiger charge is -2.33. The number of allylic oxidation sites excluding steroid dienone is 1. The number of nitrogens with zero attached hydrogens (tertiary/aromatic N) is 1. The summed E-state index contributed by atoms with van der Waals surface area (Å²) in [5, 5.41) is 16.4. The SMILES string of the molecule is C=C1C=CN([C@@H]2O[C@H](COP(=O)(N[C@@H](C)C(=O)OC(C)C)Oc3ccc4[nH]ccc4c3)[C@@H](O)[C@@]2(C)F)C(=O)N1. The van der Waals surface area contributed by atoms with Crippen LogP contribution in [0.15, 0.2) is 55.0 Å². The van der Waals surface area contributed by atoms with Crippen molar-refractivity contribution in [1.82, 2.24) is 20.3 Å². The number of hydrogen-bond acceptors (Lipinski definition) is 8. The zero-order valence-corrected chi connectivity index (χ0v) is 22.8. The Labute approximate surface area is 224 Å². The molecule has 4 N–H and O–H groups in total. The molecule has 1 saturated heterocycles. The Bertz CT molecular complexity index is 1330. The van der Waals surface area contributed by atoms with E-state index in [1.807, 2.05) is 0 Å². The van der Waals surface area contributed by atoms with Crippen molar-refractivity contribution >= 4 is 30.6 Å². The largest absolute Gasteiger partial charge is 0.462 e. The van der Waals surface area contributed by atoms with E-state index in [9.17, 15) is 19.3 Å². The topological polar surface area (TPSA) is 151 Å². The van der Waals surface area contributed by atoms with Crippen LogP contribution < -0.4 is 14.9 Å². The number of nitrogens with one attached hydrogen (secondary N) is 3. The number of urea groups is 1. The second-order valence-corrected chi connectivity index (χ2v) is 11.4. The highest BCUT2D eigenvalue weighted by molar-refractivity contribution is 7.52. The molecule has 1 aromatic heterocycles. The number of aliphatic hydroxyl groups excluding tert-OH is 1. The lowest BCUT2D eigenvalue weighted by atomic mass is 9.98. The highest BCUT2D eigenvalue weighted by Gasteiger charge is 2.57. The van der Waals surface area contributed by atoms with Crippen molar-refractivity contribution in [1.29, 1.82) is 0 Å². The first-order chi connectivity index (χ1) is 18.3. The van der Waals surface area contributed by atoms with E-state index in [2.05, 4.69) is 22.0 Å². The number of alkyl halides is 1. The number of halogens is 1. The van der Waals surface area contributed by atoms with Crippen LogP contribution in [0.5, 0.6) is 5.75 Å². The van der Waals surface area contributed by atoms with Crippen molar-refractivity contribution in [3.05, 3.63) is 55.0 Å². The predicted octanol–water partition coefficient (Wildman–Crippen LogP) is 3.47. The molecular weight excluding hydrogens is 534 g/mol. The van der Waals surface area contributed by atoms with Gasteiger partial charge in [-0.1, -0.05) is 6.58 Å². The third kappa shape index (κ3) is 6.34. The Morgan fingerprint density at radius 3 is 2.79 bits per heavy atom. The molecule has 0 bridgehead atoms. The fourth-order valence-corrected chi connectivity index (χ4v) is 5.62. The van der Waals surface area contributed by atoms with E-state index < -0.39 is 62.6 Å². The molecule has 39 heavy (non-hydrogen) atoms. The van der Waals surface area contributed by atoms with Crippen molar-refractivity contribution in [2.45, 2.75) is 63.9 Å². The smallest absolute Gasteiger partial charge is 0.459 e. The molecule has 14 heteroatoms. The second-order valence-electron chi connectivity index (χ2n) is 9.75. The number of amides is 2. The number of esters is 1. The molecule has 2 aliphatic rings. The van der Waals surface area contributed by atoms with Gasteiger partial charge in [0.1, 0.15) is 24.0 Å². The fourth-order valence-electron chi connectivity index (χ4n) is 4.13. The Balaban J connectivity index is 1.53. The number of aromatic nitrogens is 1. The molecule has 1 aromatic carbocycles. The molecule has 212 valence electrons. The maximum Gasteiger partial charge on any atom is 0.459 e. The first-order valence-corrected chi connectivity index (χ1v) is 13.8. The van der Waals surface area contributed by atoms with Gasteiger partial charge in [-0.2, -0.15) is 5.09 Å². The number of rotatable bonds is 10.